The molecule has 0 spiro atoms. The molecule has 0 saturated heterocycles. The predicted octanol–water partition coefficient (Wildman–Crippen LogP) is 2.50. The van der Waals surface area contributed by atoms with E-state index in [1.165, 1.54) is 18.1 Å². The molecule has 0 aliphatic heterocycles. The molecule has 2 heterocycles. The first-order valence-corrected chi connectivity index (χ1v) is 7.17. The molecule has 5 heteroatoms. The molecule has 0 aliphatic rings. The van der Waals surface area contributed by atoms with Gasteiger partial charge in [0.25, 0.3) is 5.91 Å². The number of furan rings is 1. The number of nitrogens with zero attached hydrogens (tertiary/aromatic N) is 2. The molecule has 3 rings (SSSR count). The normalized spacial score (nSPS) is 10.5. The van der Waals surface area contributed by atoms with Gasteiger partial charge in [0.1, 0.15) is 12.1 Å². The molecule has 22 heavy (non-hydrogen) atoms. The Bertz CT molecular complexity index is 717. The topological polar surface area (TPSA) is 60.1 Å². The van der Waals surface area contributed by atoms with Gasteiger partial charge in [-0.05, 0) is 11.6 Å². The van der Waals surface area contributed by atoms with E-state index < -0.39 is 0 Å². The van der Waals surface area contributed by atoms with Crippen LogP contribution in [0.15, 0.2) is 65.7 Å². The van der Waals surface area contributed by atoms with Gasteiger partial charge in [0, 0.05) is 31.9 Å². The van der Waals surface area contributed by atoms with Gasteiger partial charge in [0.05, 0.1) is 11.8 Å². The largest absolute Gasteiger partial charge is 0.472 e. The third-order valence-corrected chi connectivity index (χ3v) is 3.41. The van der Waals surface area contributed by atoms with Crippen LogP contribution in [0.5, 0.6) is 0 Å². The van der Waals surface area contributed by atoms with E-state index in [9.17, 15) is 4.79 Å². The lowest BCUT2D eigenvalue weighted by Gasteiger charge is -2.08. The van der Waals surface area contributed by atoms with Gasteiger partial charge < -0.3 is 14.3 Å². The van der Waals surface area contributed by atoms with E-state index in [1.54, 1.807) is 12.3 Å². The highest BCUT2D eigenvalue weighted by Gasteiger charge is 2.08. The van der Waals surface area contributed by atoms with E-state index in [1.807, 2.05) is 24.4 Å². The van der Waals surface area contributed by atoms with E-state index in [-0.39, 0.29) is 5.91 Å². The molecule has 1 amide bonds. The zero-order valence-corrected chi connectivity index (χ0v) is 12.1. The molecular formula is C17H17N3O2. The van der Waals surface area contributed by atoms with Crippen molar-refractivity contribution >= 4 is 5.91 Å². The van der Waals surface area contributed by atoms with Gasteiger partial charge in [-0.15, -0.1) is 0 Å². The van der Waals surface area contributed by atoms with Gasteiger partial charge in [0.15, 0.2) is 0 Å². The summed E-state index contributed by atoms with van der Waals surface area (Å²) >= 11 is 0. The van der Waals surface area contributed by atoms with Crippen molar-refractivity contribution in [3.05, 3.63) is 78.3 Å². The average molecular weight is 295 g/mol. The summed E-state index contributed by atoms with van der Waals surface area (Å²) in [6.07, 6.45) is 7.35. The Hall–Kier alpha value is -2.82. The summed E-state index contributed by atoms with van der Waals surface area (Å²) in [4.78, 5) is 16.2. The van der Waals surface area contributed by atoms with E-state index in [0.717, 1.165) is 12.4 Å². The Morgan fingerprint density at radius 2 is 2.09 bits per heavy atom. The quantitative estimate of drug-likeness (QED) is 0.760. The summed E-state index contributed by atoms with van der Waals surface area (Å²) in [6.45, 7) is 1.32. The molecule has 0 aliphatic carbocycles. The Kier molecular flexibility index (Phi) is 4.34. The molecule has 1 N–H and O–H groups in total. The van der Waals surface area contributed by atoms with E-state index in [4.69, 9.17) is 4.42 Å². The SMILES string of the molecule is O=C(NCCc1nccn1Cc1ccccc1)c1ccoc1. The molecule has 0 unspecified atom stereocenters. The van der Waals surface area contributed by atoms with Crippen LogP contribution in [-0.2, 0) is 13.0 Å². The van der Waals surface area contributed by atoms with Crippen LogP contribution < -0.4 is 5.32 Å². The minimum absolute atomic E-state index is 0.130. The summed E-state index contributed by atoms with van der Waals surface area (Å²) < 4.78 is 6.99. The van der Waals surface area contributed by atoms with Gasteiger partial charge >= 0.3 is 0 Å². The lowest BCUT2D eigenvalue weighted by molar-refractivity contribution is 0.0953. The molecule has 0 radical (unpaired) electrons. The Balaban J connectivity index is 1.55. The molecule has 2 aromatic heterocycles. The number of benzene rings is 1. The lowest BCUT2D eigenvalue weighted by atomic mass is 10.2. The number of hydrogen-bond donors (Lipinski definition) is 1. The first-order valence-electron chi connectivity index (χ1n) is 7.17. The number of rotatable bonds is 6. The average Bonchev–Trinajstić information content (AvgIpc) is 3.20. The van der Waals surface area contributed by atoms with Gasteiger partial charge in [-0.3, -0.25) is 4.79 Å². The Morgan fingerprint density at radius 1 is 1.23 bits per heavy atom. The molecular weight excluding hydrogens is 278 g/mol. The smallest absolute Gasteiger partial charge is 0.254 e. The summed E-state index contributed by atoms with van der Waals surface area (Å²) in [5, 5.41) is 2.86. The second-order valence-corrected chi connectivity index (χ2v) is 4.97. The third-order valence-electron chi connectivity index (χ3n) is 3.41. The molecule has 112 valence electrons. The van der Waals surface area contributed by atoms with Crippen molar-refractivity contribution in [3.8, 4) is 0 Å². The number of imidazole rings is 1. The fraction of sp³-hybridized carbons (Fsp3) is 0.176. The van der Waals surface area contributed by atoms with Gasteiger partial charge in [-0.25, -0.2) is 4.98 Å². The number of nitrogens with one attached hydrogen (secondary N) is 1. The number of amides is 1. The molecule has 5 nitrogen and oxygen atoms in total. The summed E-state index contributed by atoms with van der Waals surface area (Å²) in [5.41, 5.74) is 1.76. The number of carbonyl (C=O) groups excluding carboxylic acids is 1. The summed E-state index contributed by atoms with van der Waals surface area (Å²) in [7, 11) is 0. The van der Waals surface area contributed by atoms with Crippen LogP contribution in [0.1, 0.15) is 21.7 Å². The van der Waals surface area contributed by atoms with Gasteiger partial charge in [-0.2, -0.15) is 0 Å². The van der Waals surface area contributed by atoms with Crippen LogP contribution >= 0.6 is 0 Å². The first kappa shape index (κ1) is 14.1. The lowest BCUT2D eigenvalue weighted by Crippen LogP contribution is -2.26. The zero-order chi connectivity index (χ0) is 15.2. The molecule has 3 aromatic rings. The van der Waals surface area contributed by atoms with E-state index in [2.05, 4.69) is 27.0 Å². The minimum atomic E-state index is -0.130. The van der Waals surface area contributed by atoms with Crippen LogP contribution in [0.4, 0.5) is 0 Å². The van der Waals surface area contributed by atoms with Crippen molar-refractivity contribution in [2.75, 3.05) is 6.54 Å². The monoisotopic (exact) mass is 295 g/mol. The highest BCUT2D eigenvalue weighted by atomic mass is 16.3. The van der Waals surface area contributed by atoms with Crippen molar-refractivity contribution in [1.82, 2.24) is 14.9 Å². The maximum atomic E-state index is 11.8. The highest BCUT2D eigenvalue weighted by Crippen LogP contribution is 2.06. The van der Waals surface area contributed by atoms with Crippen LogP contribution in [-0.4, -0.2) is 22.0 Å². The number of hydrogen-bond acceptors (Lipinski definition) is 3. The predicted molar refractivity (Wildman–Crippen MR) is 82.5 cm³/mol. The Morgan fingerprint density at radius 3 is 2.86 bits per heavy atom. The van der Waals surface area contributed by atoms with Crippen molar-refractivity contribution in [3.63, 3.8) is 0 Å². The number of aromatic nitrogens is 2. The zero-order valence-electron chi connectivity index (χ0n) is 12.1. The maximum absolute atomic E-state index is 11.8. The molecule has 0 fully saturated rings. The van der Waals surface area contributed by atoms with Gasteiger partial charge in [-0.1, -0.05) is 30.3 Å². The molecule has 0 saturated carbocycles. The van der Waals surface area contributed by atoms with Crippen molar-refractivity contribution in [2.45, 2.75) is 13.0 Å². The molecule has 1 aromatic carbocycles. The molecule has 0 bridgehead atoms. The van der Waals surface area contributed by atoms with Crippen LogP contribution in [0, 0.1) is 0 Å². The van der Waals surface area contributed by atoms with E-state index >= 15 is 0 Å². The fourth-order valence-corrected chi connectivity index (χ4v) is 2.28. The first-order chi connectivity index (χ1) is 10.8. The van der Waals surface area contributed by atoms with Gasteiger partial charge in [0.2, 0.25) is 0 Å². The van der Waals surface area contributed by atoms with E-state index in [0.29, 0.717) is 18.5 Å². The van der Waals surface area contributed by atoms with Crippen molar-refractivity contribution in [2.24, 2.45) is 0 Å². The third kappa shape index (κ3) is 3.44. The van der Waals surface area contributed by atoms with Crippen molar-refractivity contribution in [1.29, 1.82) is 0 Å². The summed E-state index contributed by atoms with van der Waals surface area (Å²) in [5.74, 6) is 0.825. The maximum Gasteiger partial charge on any atom is 0.254 e. The number of carbonyl (C=O) groups is 1. The summed E-state index contributed by atoms with van der Waals surface area (Å²) in [6, 6.07) is 11.9. The second kappa shape index (κ2) is 6.76. The van der Waals surface area contributed by atoms with Crippen LogP contribution in [0.3, 0.4) is 0 Å². The Labute approximate surface area is 128 Å². The standard InChI is InChI=1S/C17H17N3O2/c21-17(15-7-11-22-13-15)19-8-6-16-18-9-10-20(16)12-14-4-2-1-3-5-14/h1-5,7,9-11,13H,6,8,12H2,(H,19,21). The highest BCUT2D eigenvalue weighted by molar-refractivity contribution is 5.93. The second-order valence-electron chi connectivity index (χ2n) is 4.97. The fourth-order valence-electron chi connectivity index (χ4n) is 2.28. The van der Waals surface area contributed by atoms with Crippen molar-refractivity contribution < 1.29 is 9.21 Å². The minimum Gasteiger partial charge on any atom is -0.472 e. The van der Waals surface area contributed by atoms with Crippen LogP contribution in [0.25, 0.3) is 0 Å². The molecule has 0 atom stereocenters. The van der Waals surface area contributed by atoms with Crippen LogP contribution in [0.2, 0.25) is 0 Å².